The summed E-state index contributed by atoms with van der Waals surface area (Å²) in [6, 6.07) is 0. The largest absolute Gasteiger partial charge is 0.382 e. The van der Waals surface area contributed by atoms with E-state index < -0.39 is 0 Å². The number of amides is 1. The van der Waals surface area contributed by atoms with E-state index in [0.29, 0.717) is 32.3 Å². The average molecular weight is 302 g/mol. The molecule has 0 fully saturated rings. The summed E-state index contributed by atoms with van der Waals surface area (Å²) in [5.74, 6) is 0.594. The maximum absolute atomic E-state index is 11.6. The minimum Gasteiger partial charge on any atom is -0.382 e. The molecular weight excluding hydrogens is 272 g/mol. The van der Waals surface area contributed by atoms with Crippen LogP contribution in [-0.2, 0) is 14.3 Å². The third-order valence-electron chi connectivity index (χ3n) is 2.58. The molecule has 0 aromatic carbocycles. The van der Waals surface area contributed by atoms with Crippen LogP contribution in [-0.4, -0.2) is 76.9 Å². The first-order chi connectivity index (χ1) is 10.1. The molecule has 0 unspecified atom stereocenters. The Kier molecular flexibility index (Phi) is 12.8. The summed E-state index contributed by atoms with van der Waals surface area (Å²) in [5.41, 5.74) is 0. The highest BCUT2D eigenvalue weighted by Crippen LogP contribution is 1.84. The van der Waals surface area contributed by atoms with Gasteiger partial charge in [-0.1, -0.05) is 0 Å². The molecular formula is C14H30N4O3. The minimum absolute atomic E-state index is 0.0322. The number of likely N-dealkylation sites (N-methyl/N-ethyl adjacent to an activating group) is 1. The molecule has 0 heterocycles. The quantitative estimate of drug-likeness (QED) is 0.321. The van der Waals surface area contributed by atoms with E-state index in [9.17, 15) is 4.79 Å². The van der Waals surface area contributed by atoms with E-state index in [0.717, 1.165) is 19.6 Å². The fourth-order valence-corrected chi connectivity index (χ4v) is 1.37. The molecule has 7 nitrogen and oxygen atoms in total. The van der Waals surface area contributed by atoms with Crippen LogP contribution in [0.15, 0.2) is 4.99 Å². The normalized spacial score (nSPS) is 11.3. The van der Waals surface area contributed by atoms with Crippen LogP contribution in [0.25, 0.3) is 0 Å². The fourth-order valence-electron chi connectivity index (χ4n) is 1.37. The second kappa shape index (κ2) is 13.6. The molecule has 0 aromatic rings. The van der Waals surface area contributed by atoms with Crippen LogP contribution in [0.3, 0.4) is 0 Å². The topological polar surface area (TPSA) is 75.2 Å². The van der Waals surface area contributed by atoms with Crippen molar-refractivity contribution in [2.45, 2.75) is 20.3 Å². The first kappa shape index (κ1) is 19.7. The van der Waals surface area contributed by atoms with Crippen molar-refractivity contribution in [1.29, 1.82) is 0 Å². The summed E-state index contributed by atoms with van der Waals surface area (Å²) in [7, 11) is 3.44. The number of nitrogens with one attached hydrogen (secondary N) is 2. The summed E-state index contributed by atoms with van der Waals surface area (Å²) in [5, 5.41) is 6.32. The first-order valence-electron chi connectivity index (χ1n) is 7.49. The van der Waals surface area contributed by atoms with Gasteiger partial charge < -0.3 is 25.0 Å². The van der Waals surface area contributed by atoms with Crippen molar-refractivity contribution in [2.24, 2.45) is 4.99 Å². The van der Waals surface area contributed by atoms with E-state index in [1.807, 2.05) is 13.8 Å². The maximum atomic E-state index is 11.6. The number of carbonyl (C=O) groups excluding carboxylic acids is 1. The van der Waals surface area contributed by atoms with Crippen molar-refractivity contribution < 1.29 is 14.3 Å². The molecule has 1 amide bonds. The van der Waals surface area contributed by atoms with Crippen LogP contribution in [0.1, 0.15) is 20.3 Å². The molecule has 0 bridgehead atoms. The molecule has 0 spiro atoms. The van der Waals surface area contributed by atoms with Gasteiger partial charge in [-0.05, 0) is 20.3 Å². The number of aliphatic imine (C=N–C) groups is 1. The molecule has 0 aromatic heterocycles. The average Bonchev–Trinajstić information content (AvgIpc) is 2.47. The van der Waals surface area contributed by atoms with E-state index in [1.54, 1.807) is 14.1 Å². The fraction of sp³-hybridized carbons (Fsp3) is 0.857. The van der Waals surface area contributed by atoms with Gasteiger partial charge in [0.2, 0.25) is 5.91 Å². The number of carbonyl (C=O) groups is 1. The number of guanidine groups is 1. The Morgan fingerprint density at radius 2 is 1.67 bits per heavy atom. The van der Waals surface area contributed by atoms with E-state index in [4.69, 9.17) is 9.47 Å². The molecule has 0 saturated heterocycles. The molecule has 7 heteroatoms. The molecule has 0 radical (unpaired) electrons. The lowest BCUT2D eigenvalue weighted by Crippen LogP contribution is -2.40. The number of rotatable bonds is 11. The van der Waals surface area contributed by atoms with Gasteiger partial charge in [0, 0.05) is 47.0 Å². The Bertz CT molecular complexity index is 296. The first-order valence-corrected chi connectivity index (χ1v) is 7.49. The van der Waals surface area contributed by atoms with Crippen molar-refractivity contribution in [1.82, 2.24) is 15.5 Å². The highest BCUT2D eigenvalue weighted by molar-refractivity contribution is 5.84. The minimum atomic E-state index is -0.0322. The number of ether oxygens (including phenoxy) is 2. The Labute approximate surface area is 128 Å². The molecule has 0 saturated carbocycles. The summed E-state index contributed by atoms with van der Waals surface area (Å²) in [4.78, 5) is 17.3. The van der Waals surface area contributed by atoms with Crippen molar-refractivity contribution in [3.8, 4) is 0 Å². The Balaban J connectivity index is 4.13. The molecule has 0 aliphatic heterocycles. The van der Waals surface area contributed by atoms with Gasteiger partial charge in [-0.25, -0.2) is 4.99 Å². The predicted molar refractivity (Wildman–Crippen MR) is 84.6 cm³/mol. The van der Waals surface area contributed by atoms with Crippen LogP contribution < -0.4 is 10.6 Å². The van der Waals surface area contributed by atoms with Gasteiger partial charge in [-0.15, -0.1) is 0 Å². The molecule has 0 aliphatic carbocycles. The highest BCUT2D eigenvalue weighted by atomic mass is 16.5. The van der Waals surface area contributed by atoms with Gasteiger partial charge in [-0.3, -0.25) is 4.79 Å². The Hall–Kier alpha value is -1.34. The summed E-state index contributed by atoms with van der Waals surface area (Å²) in [6.45, 7) is 8.20. The van der Waals surface area contributed by atoms with Gasteiger partial charge in [0.05, 0.1) is 6.61 Å². The monoisotopic (exact) mass is 302 g/mol. The second-order valence-electron chi connectivity index (χ2n) is 4.55. The van der Waals surface area contributed by atoms with Crippen LogP contribution in [0, 0.1) is 0 Å². The number of hydrogen-bond donors (Lipinski definition) is 2. The smallest absolute Gasteiger partial charge is 0.243 e. The highest BCUT2D eigenvalue weighted by Gasteiger charge is 2.04. The van der Waals surface area contributed by atoms with Gasteiger partial charge >= 0.3 is 0 Å². The van der Waals surface area contributed by atoms with E-state index in [1.165, 1.54) is 4.90 Å². The number of hydrogen-bond acceptors (Lipinski definition) is 4. The van der Waals surface area contributed by atoms with Crippen LogP contribution in [0.4, 0.5) is 0 Å². The SMILES string of the molecule is CCOCCCNC(=NCC(=O)N(C)C)NCCOCC. The molecule has 0 rings (SSSR count). The second-order valence-corrected chi connectivity index (χ2v) is 4.55. The van der Waals surface area contributed by atoms with E-state index in [2.05, 4.69) is 15.6 Å². The van der Waals surface area contributed by atoms with Crippen molar-refractivity contribution in [3.05, 3.63) is 0 Å². The van der Waals surface area contributed by atoms with Gasteiger partial charge in [-0.2, -0.15) is 0 Å². The third-order valence-corrected chi connectivity index (χ3v) is 2.58. The molecule has 124 valence electrons. The van der Waals surface area contributed by atoms with Crippen LogP contribution in [0.5, 0.6) is 0 Å². The van der Waals surface area contributed by atoms with Gasteiger partial charge in [0.1, 0.15) is 6.54 Å². The zero-order chi connectivity index (χ0) is 15.9. The van der Waals surface area contributed by atoms with Gasteiger partial charge in [0.25, 0.3) is 0 Å². The maximum Gasteiger partial charge on any atom is 0.243 e. The van der Waals surface area contributed by atoms with E-state index in [-0.39, 0.29) is 12.5 Å². The standard InChI is InChI=1S/C14H30N4O3/c1-5-20-10-7-8-15-14(16-9-11-21-6-2)17-12-13(19)18(3)4/h5-12H2,1-4H3,(H2,15,16,17). The summed E-state index contributed by atoms with van der Waals surface area (Å²) >= 11 is 0. The van der Waals surface area contributed by atoms with Crippen LogP contribution in [0.2, 0.25) is 0 Å². The van der Waals surface area contributed by atoms with Crippen molar-refractivity contribution in [2.75, 3.05) is 60.2 Å². The Morgan fingerprint density at radius 3 is 2.29 bits per heavy atom. The lowest BCUT2D eigenvalue weighted by molar-refractivity contribution is -0.127. The van der Waals surface area contributed by atoms with Crippen molar-refractivity contribution >= 4 is 11.9 Å². The summed E-state index contributed by atoms with van der Waals surface area (Å²) in [6.07, 6.45) is 0.891. The zero-order valence-corrected chi connectivity index (χ0v) is 13.8. The molecule has 21 heavy (non-hydrogen) atoms. The van der Waals surface area contributed by atoms with Crippen LogP contribution >= 0.6 is 0 Å². The van der Waals surface area contributed by atoms with Gasteiger partial charge in [0.15, 0.2) is 5.96 Å². The third kappa shape index (κ3) is 12.1. The lowest BCUT2D eigenvalue weighted by atomic mass is 10.4. The number of nitrogens with zero attached hydrogens (tertiary/aromatic N) is 2. The molecule has 0 atom stereocenters. The molecule has 0 aliphatic rings. The van der Waals surface area contributed by atoms with Crippen molar-refractivity contribution in [3.63, 3.8) is 0 Å². The zero-order valence-electron chi connectivity index (χ0n) is 13.8. The predicted octanol–water partition coefficient (Wildman–Crippen LogP) is 0.0729. The summed E-state index contributed by atoms with van der Waals surface area (Å²) < 4.78 is 10.5. The lowest BCUT2D eigenvalue weighted by Gasteiger charge is -2.13. The molecule has 2 N–H and O–H groups in total. The Morgan fingerprint density at radius 1 is 1.05 bits per heavy atom. The van der Waals surface area contributed by atoms with E-state index >= 15 is 0 Å².